The van der Waals surface area contributed by atoms with Gasteiger partial charge in [-0.3, -0.25) is 0 Å². The van der Waals surface area contributed by atoms with Crippen molar-refractivity contribution in [1.82, 2.24) is 0 Å². The van der Waals surface area contributed by atoms with Gasteiger partial charge in [-0.2, -0.15) is 0 Å². The highest BCUT2D eigenvalue weighted by molar-refractivity contribution is 4.42. The molecule has 0 radical (unpaired) electrons. The van der Waals surface area contributed by atoms with Gasteiger partial charge < -0.3 is 18.9 Å². The van der Waals surface area contributed by atoms with E-state index in [0.29, 0.717) is 39.6 Å². The van der Waals surface area contributed by atoms with E-state index in [2.05, 4.69) is 6.92 Å². The molecule has 0 amide bonds. The smallest absolute Gasteiger partial charge is 0.0703 e. The second-order valence-corrected chi connectivity index (χ2v) is 5.17. The predicted molar refractivity (Wildman–Crippen MR) is 82.3 cm³/mol. The summed E-state index contributed by atoms with van der Waals surface area (Å²) in [5, 5.41) is 0. The fourth-order valence-corrected chi connectivity index (χ4v) is 1.69. The van der Waals surface area contributed by atoms with E-state index < -0.39 is 0 Å². The van der Waals surface area contributed by atoms with Crippen molar-refractivity contribution in [3.05, 3.63) is 0 Å². The van der Waals surface area contributed by atoms with Crippen LogP contribution >= 0.6 is 0 Å². The number of rotatable bonds is 16. The van der Waals surface area contributed by atoms with E-state index in [1.54, 1.807) is 0 Å². The summed E-state index contributed by atoms with van der Waals surface area (Å²) in [5.41, 5.74) is 0. The maximum atomic E-state index is 5.50. The van der Waals surface area contributed by atoms with Crippen LogP contribution in [0.2, 0.25) is 0 Å². The molecule has 0 heterocycles. The summed E-state index contributed by atoms with van der Waals surface area (Å²) in [6.45, 7) is 11.0. The highest BCUT2D eigenvalue weighted by Crippen LogP contribution is 2.02. The minimum Gasteiger partial charge on any atom is -0.379 e. The van der Waals surface area contributed by atoms with E-state index in [9.17, 15) is 0 Å². The van der Waals surface area contributed by atoms with Gasteiger partial charge in [-0.05, 0) is 20.3 Å². The van der Waals surface area contributed by atoms with Crippen LogP contribution in [0.25, 0.3) is 0 Å². The van der Waals surface area contributed by atoms with Gasteiger partial charge in [-0.15, -0.1) is 0 Å². The summed E-state index contributed by atoms with van der Waals surface area (Å²) in [6.07, 6.45) is 6.67. The standard InChI is InChI=1S/C16H34O4/c1-4-5-6-7-8-9-17-10-11-18-12-13-19-14-15-20-16(2)3/h16H,4-15H2,1-3H3. The van der Waals surface area contributed by atoms with Crippen LogP contribution in [0, 0.1) is 0 Å². The van der Waals surface area contributed by atoms with Gasteiger partial charge in [-0.1, -0.05) is 32.6 Å². The van der Waals surface area contributed by atoms with Crippen LogP contribution in [0.5, 0.6) is 0 Å². The van der Waals surface area contributed by atoms with Crippen molar-refractivity contribution in [2.24, 2.45) is 0 Å². The van der Waals surface area contributed by atoms with E-state index in [1.807, 2.05) is 13.8 Å². The lowest BCUT2D eigenvalue weighted by Crippen LogP contribution is -2.13. The first-order valence-corrected chi connectivity index (χ1v) is 8.12. The highest BCUT2D eigenvalue weighted by atomic mass is 16.6. The molecule has 0 aromatic heterocycles. The summed E-state index contributed by atoms with van der Waals surface area (Å²) >= 11 is 0. The molecule has 0 unspecified atom stereocenters. The number of unbranched alkanes of at least 4 members (excludes halogenated alkanes) is 4. The van der Waals surface area contributed by atoms with Gasteiger partial charge in [0.25, 0.3) is 0 Å². The molecule has 0 aromatic carbocycles. The molecule has 4 heteroatoms. The van der Waals surface area contributed by atoms with Crippen LogP contribution in [-0.2, 0) is 18.9 Å². The fourth-order valence-electron chi connectivity index (χ4n) is 1.69. The molecule has 0 atom stereocenters. The quantitative estimate of drug-likeness (QED) is 0.408. The molecule has 0 saturated carbocycles. The lowest BCUT2D eigenvalue weighted by Gasteiger charge is -2.08. The Balaban J connectivity index is 2.92. The molecule has 0 aliphatic rings. The van der Waals surface area contributed by atoms with Gasteiger partial charge in [0, 0.05) is 6.61 Å². The predicted octanol–water partition coefficient (Wildman–Crippen LogP) is 3.43. The van der Waals surface area contributed by atoms with Gasteiger partial charge in [0.05, 0.1) is 45.7 Å². The first-order valence-electron chi connectivity index (χ1n) is 8.12. The van der Waals surface area contributed by atoms with Crippen molar-refractivity contribution in [3.8, 4) is 0 Å². The Morgan fingerprint density at radius 2 is 1.10 bits per heavy atom. The van der Waals surface area contributed by atoms with Crippen LogP contribution in [-0.4, -0.2) is 52.4 Å². The molecule has 122 valence electrons. The van der Waals surface area contributed by atoms with Crippen molar-refractivity contribution in [3.63, 3.8) is 0 Å². The molecule has 0 aliphatic heterocycles. The van der Waals surface area contributed by atoms with E-state index in [4.69, 9.17) is 18.9 Å². The molecular formula is C16H34O4. The minimum atomic E-state index is 0.272. The summed E-state index contributed by atoms with van der Waals surface area (Å²) < 4.78 is 21.7. The second kappa shape index (κ2) is 16.9. The molecule has 0 fully saturated rings. The summed E-state index contributed by atoms with van der Waals surface area (Å²) in [4.78, 5) is 0. The molecule has 0 spiro atoms. The zero-order chi connectivity index (χ0) is 14.9. The Morgan fingerprint density at radius 1 is 0.600 bits per heavy atom. The van der Waals surface area contributed by atoms with E-state index in [0.717, 1.165) is 6.61 Å². The summed E-state index contributed by atoms with van der Waals surface area (Å²) in [5.74, 6) is 0. The SMILES string of the molecule is CCCCCCCOCCOCCOCCOC(C)C. The van der Waals surface area contributed by atoms with Crippen molar-refractivity contribution >= 4 is 0 Å². The van der Waals surface area contributed by atoms with Gasteiger partial charge in [0.2, 0.25) is 0 Å². The van der Waals surface area contributed by atoms with Crippen LogP contribution in [0.1, 0.15) is 52.9 Å². The van der Waals surface area contributed by atoms with Gasteiger partial charge in [0.15, 0.2) is 0 Å². The van der Waals surface area contributed by atoms with Crippen LogP contribution in [0.3, 0.4) is 0 Å². The lowest BCUT2D eigenvalue weighted by atomic mass is 10.2. The summed E-state index contributed by atoms with van der Waals surface area (Å²) in [7, 11) is 0. The number of hydrogen-bond acceptors (Lipinski definition) is 4. The van der Waals surface area contributed by atoms with E-state index in [-0.39, 0.29) is 6.10 Å². The molecule has 20 heavy (non-hydrogen) atoms. The van der Waals surface area contributed by atoms with Crippen LogP contribution in [0.15, 0.2) is 0 Å². The maximum absolute atomic E-state index is 5.50. The van der Waals surface area contributed by atoms with Crippen molar-refractivity contribution < 1.29 is 18.9 Å². The zero-order valence-corrected chi connectivity index (χ0v) is 13.7. The normalized spacial score (nSPS) is 11.4. The second-order valence-electron chi connectivity index (χ2n) is 5.17. The number of ether oxygens (including phenoxy) is 4. The topological polar surface area (TPSA) is 36.9 Å². The van der Waals surface area contributed by atoms with E-state index in [1.165, 1.54) is 32.1 Å². The Kier molecular flexibility index (Phi) is 16.8. The minimum absolute atomic E-state index is 0.272. The summed E-state index contributed by atoms with van der Waals surface area (Å²) in [6, 6.07) is 0. The molecule has 0 rings (SSSR count). The van der Waals surface area contributed by atoms with Crippen molar-refractivity contribution in [2.45, 2.75) is 59.0 Å². The van der Waals surface area contributed by atoms with Crippen LogP contribution in [0.4, 0.5) is 0 Å². The Hall–Kier alpha value is -0.160. The van der Waals surface area contributed by atoms with Gasteiger partial charge >= 0.3 is 0 Å². The third kappa shape index (κ3) is 17.8. The van der Waals surface area contributed by atoms with Gasteiger partial charge in [0.1, 0.15) is 0 Å². The first-order chi connectivity index (χ1) is 9.77. The Labute approximate surface area is 125 Å². The van der Waals surface area contributed by atoms with Crippen LogP contribution < -0.4 is 0 Å². The maximum Gasteiger partial charge on any atom is 0.0703 e. The zero-order valence-electron chi connectivity index (χ0n) is 13.7. The molecule has 0 aromatic rings. The fraction of sp³-hybridized carbons (Fsp3) is 1.00. The molecule has 0 aliphatic carbocycles. The van der Waals surface area contributed by atoms with Crippen molar-refractivity contribution in [1.29, 1.82) is 0 Å². The Morgan fingerprint density at radius 3 is 1.65 bits per heavy atom. The number of hydrogen-bond donors (Lipinski definition) is 0. The molecular weight excluding hydrogens is 256 g/mol. The van der Waals surface area contributed by atoms with E-state index >= 15 is 0 Å². The lowest BCUT2D eigenvalue weighted by molar-refractivity contribution is -0.0119. The van der Waals surface area contributed by atoms with Gasteiger partial charge in [-0.25, -0.2) is 0 Å². The first kappa shape index (κ1) is 19.8. The van der Waals surface area contributed by atoms with Crippen molar-refractivity contribution in [2.75, 3.05) is 46.2 Å². The molecule has 0 N–H and O–H groups in total. The third-order valence-corrected chi connectivity index (χ3v) is 2.82. The molecule has 0 saturated heterocycles. The average Bonchev–Trinajstić information content (AvgIpc) is 2.43. The third-order valence-electron chi connectivity index (χ3n) is 2.82. The average molecular weight is 290 g/mol. The highest BCUT2D eigenvalue weighted by Gasteiger charge is 1.94. The Bertz CT molecular complexity index is 174. The monoisotopic (exact) mass is 290 g/mol. The molecule has 0 bridgehead atoms. The largest absolute Gasteiger partial charge is 0.379 e. The molecule has 4 nitrogen and oxygen atoms in total.